The maximum atomic E-state index is 13.4. The third kappa shape index (κ3) is 6.73. The van der Waals surface area contributed by atoms with Crippen LogP contribution in [0.5, 0.6) is 0 Å². The van der Waals surface area contributed by atoms with E-state index in [0.29, 0.717) is 18.3 Å². The molecule has 1 unspecified atom stereocenters. The number of nitrogens with one attached hydrogen (secondary N) is 1. The first-order valence-corrected chi connectivity index (χ1v) is 13.0. The second-order valence-corrected chi connectivity index (χ2v) is 11.1. The fourth-order valence-corrected chi connectivity index (χ4v) is 5.07. The van der Waals surface area contributed by atoms with Crippen LogP contribution >= 0.6 is 11.8 Å². The third-order valence-electron chi connectivity index (χ3n) is 5.96. The van der Waals surface area contributed by atoms with E-state index < -0.39 is 0 Å². The molecule has 0 bridgehead atoms. The SMILES string of the molecule is C=CCC(C)(C)SCCC(=O)n1c(Nc2ccccc2)nc2cc(C(C)CCCC)ccc21. The van der Waals surface area contributed by atoms with Crippen LogP contribution in [0.25, 0.3) is 11.0 Å². The van der Waals surface area contributed by atoms with Crippen LogP contribution in [0.4, 0.5) is 11.6 Å². The Morgan fingerprint density at radius 3 is 2.70 bits per heavy atom. The fourth-order valence-electron chi connectivity index (χ4n) is 4.00. The molecule has 33 heavy (non-hydrogen) atoms. The summed E-state index contributed by atoms with van der Waals surface area (Å²) in [5.41, 5.74) is 3.92. The minimum atomic E-state index is 0.0598. The lowest BCUT2D eigenvalue weighted by Crippen LogP contribution is -2.18. The van der Waals surface area contributed by atoms with E-state index in [1.807, 2.05) is 48.2 Å². The second-order valence-electron chi connectivity index (χ2n) is 9.30. The molecular formula is C28H37N3OS. The van der Waals surface area contributed by atoms with Crippen LogP contribution in [-0.4, -0.2) is 26.0 Å². The maximum Gasteiger partial charge on any atom is 0.234 e. The lowest BCUT2D eigenvalue weighted by atomic mass is 9.95. The highest BCUT2D eigenvalue weighted by atomic mass is 32.2. The Labute approximate surface area is 202 Å². The predicted octanol–water partition coefficient (Wildman–Crippen LogP) is 8.19. The van der Waals surface area contributed by atoms with Crippen LogP contribution in [0.1, 0.15) is 76.1 Å². The fraction of sp³-hybridized carbons (Fsp3) is 0.429. The summed E-state index contributed by atoms with van der Waals surface area (Å²) in [6, 6.07) is 16.3. The summed E-state index contributed by atoms with van der Waals surface area (Å²) in [6.45, 7) is 12.7. The highest BCUT2D eigenvalue weighted by Gasteiger charge is 2.21. The predicted molar refractivity (Wildman–Crippen MR) is 144 cm³/mol. The van der Waals surface area contributed by atoms with Crippen LogP contribution in [0, 0.1) is 0 Å². The van der Waals surface area contributed by atoms with Crippen LogP contribution in [0.3, 0.4) is 0 Å². The molecule has 5 heteroatoms. The molecule has 0 amide bonds. The lowest BCUT2D eigenvalue weighted by Gasteiger charge is -2.22. The normalized spacial score (nSPS) is 12.6. The minimum absolute atomic E-state index is 0.0598. The van der Waals surface area contributed by atoms with Crippen molar-refractivity contribution >= 4 is 40.3 Å². The number of imidazole rings is 1. The molecule has 2 aromatic carbocycles. The Bertz CT molecular complexity index is 1070. The number of allylic oxidation sites excluding steroid dienone is 1. The molecule has 0 saturated carbocycles. The van der Waals surface area contributed by atoms with Gasteiger partial charge in [-0.1, -0.05) is 70.9 Å². The molecule has 1 atom stereocenters. The van der Waals surface area contributed by atoms with Gasteiger partial charge in [0.2, 0.25) is 11.9 Å². The number of fused-ring (bicyclic) bond motifs is 1. The number of carbonyl (C=O) groups is 1. The van der Waals surface area contributed by atoms with Crippen molar-refractivity contribution in [2.45, 2.75) is 70.5 Å². The van der Waals surface area contributed by atoms with Gasteiger partial charge in [-0.25, -0.2) is 9.55 Å². The molecular weight excluding hydrogens is 426 g/mol. The Kier molecular flexibility index (Phi) is 8.79. The summed E-state index contributed by atoms with van der Waals surface area (Å²) >= 11 is 1.81. The number of para-hydroxylation sites is 1. The summed E-state index contributed by atoms with van der Waals surface area (Å²) in [6.07, 6.45) is 6.89. The van der Waals surface area contributed by atoms with E-state index >= 15 is 0 Å². The van der Waals surface area contributed by atoms with Crippen molar-refractivity contribution < 1.29 is 4.79 Å². The van der Waals surface area contributed by atoms with Gasteiger partial charge in [0.15, 0.2) is 0 Å². The average Bonchev–Trinajstić information content (AvgIpc) is 3.14. The number of unbranched alkanes of at least 4 members (excludes halogenated alkanes) is 1. The Morgan fingerprint density at radius 1 is 1.24 bits per heavy atom. The second kappa shape index (κ2) is 11.6. The Hall–Kier alpha value is -2.53. The number of hydrogen-bond acceptors (Lipinski definition) is 4. The summed E-state index contributed by atoms with van der Waals surface area (Å²) in [7, 11) is 0. The Morgan fingerprint density at radius 2 is 2.00 bits per heavy atom. The van der Waals surface area contributed by atoms with Crippen molar-refractivity contribution in [1.29, 1.82) is 0 Å². The van der Waals surface area contributed by atoms with Crippen molar-refractivity contribution in [2.24, 2.45) is 0 Å². The van der Waals surface area contributed by atoms with Gasteiger partial charge in [-0.05, 0) is 48.6 Å². The summed E-state index contributed by atoms with van der Waals surface area (Å²) in [5.74, 6) is 1.87. The standard InChI is InChI=1S/C28H37N3OS/c1-6-8-12-21(3)22-15-16-25-24(20-22)30-27(29-23-13-10-9-11-14-23)31(25)26(32)17-19-33-28(4,5)18-7-2/h7,9-11,13-16,20-21H,2,6,8,12,17-19H2,1,3-5H3,(H,29,30). The largest absolute Gasteiger partial charge is 0.325 e. The number of rotatable bonds is 12. The molecule has 3 aromatic rings. The third-order valence-corrected chi connectivity index (χ3v) is 7.32. The highest BCUT2D eigenvalue weighted by molar-refractivity contribution is 8.00. The monoisotopic (exact) mass is 463 g/mol. The van der Waals surface area contributed by atoms with E-state index in [0.717, 1.165) is 35.3 Å². The van der Waals surface area contributed by atoms with Gasteiger partial charge in [-0.3, -0.25) is 4.79 Å². The van der Waals surface area contributed by atoms with Crippen molar-refractivity contribution in [3.63, 3.8) is 0 Å². The van der Waals surface area contributed by atoms with Crippen molar-refractivity contribution in [2.75, 3.05) is 11.1 Å². The zero-order chi connectivity index (χ0) is 23.8. The van der Waals surface area contributed by atoms with Gasteiger partial charge in [-0.2, -0.15) is 11.8 Å². The highest BCUT2D eigenvalue weighted by Crippen LogP contribution is 2.31. The molecule has 0 spiro atoms. The first kappa shape index (κ1) is 25.1. The van der Waals surface area contributed by atoms with Gasteiger partial charge in [0.1, 0.15) is 0 Å². The molecule has 1 N–H and O–H groups in total. The van der Waals surface area contributed by atoms with Crippen molar-refractivity contribution in [3.8, 4) is 0 Å². The molecule has 0 fully saturated rings. The first-order chi connectivity index (χ1) is 15.8. The van der Waals surface area contributed by atoms with Gasteiger partial charge < -0.3 is 5.32 Å². The Balaban J connectivity index is 1.89. The molecule has 0 aliphatic rings. The van der Waals surface area contributed by atoms with Crippen LogP contribution in [0.15, 0.2) is 61.2 Å². The van der Waals surface area contributed by atoms with E-state index in [2.05, 4.69) is 57.8 Å². The van der Waals surface area contributed by atoms with Gasteiger partial charge in [0, 0.05) is 22.6 Å². The lowest BCUT2D eigenvalue weighted by molar-refractivity contribution is 0.0917. The van der Waals surface area contributed by atoms with Crippen LogP contribution in [-0.2, 0) is 0 Å². The van der Waals surface area contributed by atoms with E-state index in [-0.39, 0.29) is 10.7 Å². The molecule has 0 aliphatic carbocycles. The quantitative estimate of drug-likeness (QED) is 0.275. The van der Waals surface area contributed by atoms with Gasteiger partial charge in [-0.15, -0.1) is 6.58 Å². The molecule has 4 nitrogen and oxygen atoms in total. The average molecular weight is 464 g/mol. The number of nitrogens with zero attached hydrogens (tertiary/aromatic N) is 2. The van der Waals surface area contributed by atoms with Crippen molar-refractivity contribution in [3.05, 3.63) is 66.7 Å². The molecule has 0 saturated heterocycles. The maximum absolute atomic E-state index is 13.4. The first-order valence-electron chi connectivity index (χ1n) is 12.0. The number of anilines is 2. The van der Waals surface area contributed by atoms with Crippen molar-refractivity contribution in [1.82, 2.24) is 9.55 Å². The van der Waals surface area contributed by atoms with Gasteiger partial charge in [0.25, 0.3) is 0 Å². The topological polar surface area (TPSA) is 46.9 Å². The van der Waals surface area contributed by atoms with E-state index in [1.165, 1.54) is 18.4 Å². The van der Waals surface area contributed by atoms with Gasteiger partial charge >= 0.3 is 0 Å². The molecule has 3 rings (SSSR count). The zero-order valence-electron chi connectivity index (χ0n) is 20.4. The molecule has 1 heterocycles. The number of hydrogen-bond donors (Lipinski definition) is 1. The number of carbonyl (C=O) groups excluding carboxylic acids is 1. The number of thioether (sulfide) groups is 1. The van der Waals surface area contributed by atoms with E-state index in [1.54, 1.807) is 4.57 Å². The molecule has 0 aliphatic heterocycles. The summed E-state index contributed by atoms with van der Waals surface area (Å²) < 4.78 is 1.83. The molecule has 1 aromatic heterocycles. The van der Waals surface area contributed by atoms with E-state index in [9.17, 15) is 4.79 Å². The molecule has 176 valence electrons. The summed E-state index contributed by atoms with van der Waals surface area (Å²) in [5, 5.41) is 3.36. The van der Waals surface area contributed by atoms with E-state index in [4.69, 9.17) is 4.98 Å². The smallest absolute Gasteiger partial charge is 0.234 e. The minimum Gasteiger partial charge on any atom is -0.325 e. The van der Waals surface area contributed by atoms with Gasteiger partial charge in [0.05, 0.1) is 11.0 Å². The number of aromatic nitrogens is 2. The summed E-state index contributed by atoms with van der Waals surface area (Å²) in [4.78, 5) is 18.2. The number of benzene rings is 2. The van der Waals surface area contributed by atoms with Crippen LogP contribution in [0.2, 0.25) is 0 Å². The zero-order valence-corrected chi connectivity index (χ0v) is 21.3. The van der Waals surface area contributed by atoms with Crippen LogP contribution < -0.4 is 5.32 Å². The molecule has 0 radical (unpaired) electrons.